The molecule has 86 valence electrons. The number of benzene rings is 1. The molecular weight excluding hydrogens is 198 g/mol. The van der Waals surface area contributed by atoms with Gasteiger partial charge < -0.3 is 4.74 Å². The summed E-state index contributed by atoms with van der Waals surface area (Å²) in [5.74, 6) is 6.80. The lowest BCUT2D eigenvalue weighted by Gasteiger charge is -2.16. The molecule has 0 aliphatic carbocycles. The van der Waals surface area contributed by atoms with Crippen LogP contribution in [0.5, 0.6) is 5.75 Å². The number of hydrogen-bond acceptors (Lipinski definition) is 2. The van der Waals surface area contributed by atoms with E-state index in [1.54, 1.807) is 7.11 Å². The van der Waals surface area contributed by atoms with Crippen molar-refractivity contribution < 1.29 is 4.74 Å². The predicted molar refractivity (Wildman–Crippen MR) is 67.6 cm³/mol. The number of ether oxygens (including phenoxy) is 1. The van der Waals surface area contributed by atoms with E-state index in [9.17, 15) is 0 Å². The van der Waals surface area contributed by atoms with E-state index in [2.05, 4.69) is 49.2 Å². The third-order valence-corrected chi connectivity index (χ3v) is 2.53. The Kier molecular flexibility index (Phi) is 4.88. The average molecular weight is 217 g/mol. The molecular formula is C14H19NO. The van der Waals surface area contributed by atoms with E-state index >= 15 is 0 Å². The van der Waals surface area contributed by atoms with Gasteiger partial charge >= 0.3 is 0 Å². The molecule has 0 heterocycles. The third-order valence-electron chi connectivity index (χ3n) is 2.53. The van der Waals surface area contributed by atoms with Crippen molar-refractivity contribution in [2.75, 3.05) is 13.7 Å². The van der Waals surface area contributed by atoms with Crippen LogP contribution in [0.1, 0.15) is 31.0 Å². The molecule has 1 rings (SSSR count). The standard InChI is InChI=1S/C14H19NO/c1-5-6-9-15-12(3)13-8-7-11(2)10-14(13)16-4/h7-8,10,12,15H,9H2,1-4H3. The molecule has 2 heteroatoms. The summed E-state index contributed by atoms with van der Waals surface area (Å²) in [4.78, 5) is 0. The molecule has 2 nitrogen and oxygen atoms in total. The van der Waals surface area contributed by atoms with Crippen molar-refractivity contribution in [3.63, 3.8) is 0 Å². The van der Waals surface area contributed by atoms with Crippen molar-refractivity contribution in [3.8, 4) is 17.6 Å². The maximum Gasteiger partial charge on any atom is 0.123 e. The van der Waals surface area contributed by atoms with Gasteiger partial charge in [-0.1, -0.05) is 18.1 Å². The first-order chi connectivity index (χ1) is 7.69. The van der Waals surface area contributed by atoms with Gasteiger partial charge in [0.1, 0.15) is 5.75 Å². The van der Waals surface area contributed by atoms with E-state index in [1.165, 1.54) is 11.1 Å². The van der Waals surface area contributed by atoms with E-state index < -0.39 is 0 Å². The Morgan fingerprint density at radius 1 is 1.44 bits per heavy atom. The second-order valence-electron chi connectivity index (χ2n) is 3.77. The summed E-state index contributed by atoms with van der Waals surface area (Å²) in [5.41, 5.74) is 2.38. The summed E-state index contributed by atoms with van der Waals surface area (Å²) in [5, 5.41) is 3.34. The summed E-state index contributed by atoms with van der Waals surface area (Å²) in [6.07, 6.45) is 0. The molecule has 0 fully saturated rings. The number of nitrogens with one attached hydrogen (secondary N) is 1. The first-order valence-corrected chi connectivity index (χ1v) is 5.46. The van der Waals surface area contributed by atoms with Crippen molar-refractivity contribution in [2.45, 2.75) is 26.8 Å². The highest BCUT2D eigenvalue weighted by Gasteiger charge is 2.09. The monoisotopic (exact) mass is 217 g/mol. The van der Waals surface area contributed by atoms with Crippen LogP contribution in [0.4, 0.5) is 0 Å². The fourth-order valence-corrected chi connectivity index (χ4v) is 1.58. The van der Waals surface area contributed by atoms with Gasteiger partial charge in [-0.3, -0.25) is 5.32 Å². The van der Waals surface area contributed by atoms with Crippen LogP contribution in [0, 0.1) is 18.8 Å². The highest BCUT2D eigenvalue weighted by atomic mass is 16.5. The molecule has 0 aromatic heterocycles. The average Bonchev–Trinajstić information content (AvgIpc) is 2.29. The molecule has 0 bridgehead atoms. The maximum absolute atomic E-state index is 5.38. The van der Waals surface area contributed by atoms with Gasteiger partial charge in [-0.2, -0.15) is 0 Å². The second-order valence-corrected chi connectivity index (χ2v) is 3.77. The van der Waals surface area contributed by atoms with Crippen LogP contribution in [-0.2, 0) is 0 Å². The number of hydrogen-bond donors (Lipinski definition) is 1. The zero-order chi connectivity index (χ0) is 12.0. The highest BCUT2D eigenvalue weighted by molar-refractivity contribution is 5.39. The van der Waals surface area contributed by atoms with Crippen molar-refractivity contribution in [2.24, 2.45) is 0 Å². The highest BCUT2D eigenvalue weighted by Crippen LogP contribution is 2.25. The van der Waals surface area contributed by atoms with Gasteiger partial charge in [0.25, 0.3) is 0 Å². The van der Waals surface area contributed by atoms with Crippen molar-refractivity contribution in [1.82, 2.24) is 5.32 Å². The molecule has 0 saturated heterocycles. The number of rotatable bonds is 4. The first kappa shape index (κ1) is 12.6. The van der Waals surface area contributed by atoms with Gasteiger partial charge in [0.15, 0.2) is 0 Å². The molecule has 16 heavy (non-hydrogen) atoms. The predicted octanol–water partition coefficient (Wildman–Crippen LogP) is 2.68. The zero-order valence-corrected chi connectivity index (χ0v) is 10.4. The maximum atomic E-state index is 5.38. The Morgan fingerprint density at radius 2 is 2.19 bits per heavy atom. The van der Waals surface area contributed by atoms with E-state index in [0.717, 1.165) is 5.75 Å². The molecule has 1 N–H and O–H groups in total. The molecule has 0 radical (unpaired) electrons. The van der Waals surface area contributed by atoms with E-state index in [4.69, 9.17) is 4.74 Å². The van der Waals surface area contributed by atoms with Crippen molar-refractivity contribution >= 4 is 0 Å². The molecule has 0 spiro atoms. The van der Waals surface area contributed by atoms with E-state index in [1.807, 2.05) is 6.92 Å². The van der Waals surface area contributed by atoms with Crippen LogP contribution in [0.15, 0.2) is 18.2 Å². The SMILES string of the molecule is CC#CCNC(C)c1ccc(C)cc1OC. The Bertz CT molecular complexity index is 401. The van der Waals surface area contributed by atoms with E-state index in [0.29, 0.717) is 6.54 Å². The van der Waals surface area contributed by atoms with Crippen LogP contribution >= 0.6 is 0 Å². The Morgan fingerprint density at radius 3 is 2.81 bits per heavy atom. The minimum Gasteiger partial charge on any atom is -0.496 e. The Balaban J connectivity index is 2.80. The van der Waals surface area contributed by atoms with Gasteiger partial charge in [0, 0.05) is 11.6 Å². The minimum atomic E-state index is 0.247. The van der Waals surface area contributed by atoms with Crippen molar-refractivity contribution in [1.29, 1.82) is 0 Å². The molecule has 1 unspecified atom stereocenters. The summed E-state index contributed by atoms with van der Waals surface area (Å²) in [7, 11) is 1.71. The van der Waals surface area contributed by atoms with E-state index in [-0.39, 0.29) is 6.04 Å². The van der Waals surface area contributed by atoms with Crippen molar-refractivity contribution in [3.05, 3.63) is 29.3 Å². The van der Waals surface area contributed by atoms with Gasteiger partial charge in [0.2, 0.25) is 0 Å². The lowest BCUT2D eigenvalue weighted by atomic mass is 10.1. The smallest absolute Gasteiger partial charge is 0.123 e. The Hall–Kier alpha value is -1.46. The third kappa shape index (κ3) is 3.29. The van der Waals surface area contributed by atoms with Crippen LogP contribution in [-0.4, -0.2) is 13.7 Å². The number of methoxy groups -OCH3 is 1. The molecule has 0 aliphatic rings. The van der Waals surface area contributed by atoms with Gasteiger partial charge in [0.05, 0.1) is 13.7 Å². The molecule has 1 atom stereocenters. The van der Waals surface area contributed by atoms with Gasteiger partial charge in [-0.25, -0.2) is 0 Å². The lowest BCUT2D eigenvalue weighted by molar-refractivity contribution is 0.403. The largest absolute Gasteiger partial charge is 0.496 e. The summed E-state index contributed by atoms with van der Waals surface area (Å²) in [6, 6.07) is 6.50. The molecule has 0 saturated carbocycles. The quantitative estimate of drug-likeness (QED) is 0.783. The van der Waals surface area contributed by atoms with Crippen LogP contribution in [0.25, 0.3) is 0 Å². The van der Waals surface area contributed by atoms with Crippen LogP contribution in [0.2, 0.25) is 0 Å². The van der Waals surface area contributed by atoms with Crippen LogP contribution < -0.4 is 10.1 Å². The summed E-state index contributed by atoms with van der Waals surface area (Å²) in [6.45, 7) is 6.73. The summed E-state index contributed by atoms with van der Waals surface area (Å²) >= 11 is 0. The number of aryl methyl sites for hydroxylation is 1. The zero-order valence-electron chi connectivity index (χ0n) is 10.4. The normalized spacial score (nSPS) is 11.5. The van der Waals surface area contributed by atoms with Gasteiger partial charge in [-0.15, -0.1) is 5.92 Å². The molecule has 0 amide bonds. The summed E-state index contributed by atoms with van der Waals surface area (Å²) < 4.78 is 5.38. The second kappa shape index (κ2) is 6.19. The fraction of sp³-hybridized carbons (Fsp3) is 0.429. The van der Waals surface area contributed by atoms with Gasteiger partial charge in [-0.05, 0) is 32.4 Å². The Labute approximate surface area is 98.0 Å². The fourth-order valence-electron chi connectivity index (χ4n) is 1.58. The lowest BCUT2D eigenvalue weighted by Crippen LogP contribution is -2.19. The first-order valence-electron chi connectivity index (χ1n) is 5.46. The molecule has 1 aromatic carbocycles. The molecule has 1 aromatic rings. The minimum absolute atomic E-state index is 0.247. The molecule has 0 aliphatic heterocycles. The topological polar surface area (TPSA) is 21.3 Å². The van der Waals surface area contributed by atoms with Crippen LogP contribution in [0.3, 0.4) is 0 Å².